The van der Waals surface area contributed by atoms with Crippen molar-refractivity contribution in [3.05, 3.63) is 87.6 Å². The molecule has 1 atom stereocenters. The molecule has 3 rings (SSSR count). The number of ether oxygens (including phenoxy) is 2. The maximum absolute atomic E-state index is 13.5. The summed E-state index contributed by atoms with van der Waals surface area (Å²) in [6.07, 6.45) is 0.832. The Morgan fingerprint density at radius 1 is 1.03 bits per heavy atom. The summed E-state index contributed by atoms with van der Waals surface area (Å²) in [6.45, 7) is 2.09. The number of rotatable bonds is 10. The molecule has 0 unspecified atom stereocenters. The lowest BCUT2D eigenvalue weighted by atomic mass is 9.95. The molecule has 3 aromatic carbocycles. The number of carboxylic acid groups (broad SMARTS) is 1. The third kappa shape index (κ3) is 6.81. The number of carbonyl (C=O) groups excluding carboxylic acids is 1. The summed E-state index contributed by atoms with van der Waals surface area (Å²) in [5, 5.41) is 12.2. The average molecular weight is 530 g/mol. The van der Waals surface area contributed by atoms with Gasteiger partial charge in [-0.05, 0) is 60.4 Å². The minimum Gasteiger partial charge on any atom is -0.496 e. The lowest BCUT2D eigenvalue weighted by Crippen LogP contribution is -2.24. The van der Waals surface area contributed by atoms with Gasteiger partial charge in [0.05, 0.1) is 18.6 Å². The van der Waals surface area contributed by atoms with Gasteiger partial charge >= 0.3 is 5.97 Å². The van der Waals surface area contributed by atoms with Gasteiger partial charge in [-0.1, -0.05) is 41.1 Å². The molecule has 178 valence electrons. The molecule has 0 spiro atoms. The molecule has 3 aromatic rings. The van der Waals surface area contributed by atoms with Crippen LogP contribution in [0, 0.1) is 11.7 Å². The van der Waals surface area contributed by atoms with Gasteiger partial charge in [0.25, 0.3) is 5.91 Å². The molecule has 0 aliphatic heterocycles. The highest BCUT2D eigenvalue weighted by Gasteiger charge is 2.18. The van der Waals surface area contributed by atoms with Crippen LogP contribution < -0.4 is 14.8 Å². The molecular weight excluding hydrogens is 505 g/mol. The van der Waals surface area contributed by atoms with Crippen molar-refractivity contribution in [3.8, 4) is 17.2 Å². The molecule has 0 radical (unpaired) electrons. The molecule has 0 fully saturated rings. The molecule has 0 heterocycles. The van der Waals surface area contributed by atoms with E-state index in [1.165, 1.54) is 19.2 Å². The molecule has 0 aromatic heterocycles. The Balaban J connectivity index is 1.65. The van der Waals surface area contributed by atoms with Crippen LogP contribution in [-0.4, -0.2) is 24.1 Å². The summed E-state index contributed by atoms with van der Waals surface area (Å²) < 4.78 is 25.1. The molecule has 0 aliphatic carbocycles. The van der Waals surface area contributed by atoms with E-state index < -0.39 is 17.7 Å². The van der Waals surface area contributed by atoms with Crippen molar-refractivity contribution in [1.82, 2.24) is 5.32 Å². The van der Waals surface area contributed by atoms with Crippen LogP contribution in [0.15, 0.2) is 65.1 Å². The zero-order valence-electron chi connectivity index (χ0n) is 18.8. The summed E-state index contributed by atoms with van der Waals surface area (Å²) in [4.78, 5) is 24.2. The van der Waals surface area contributed by atoms with Crippen LogP contribution in [0.5, 0.6) is 17.2 Å². The fraction of sp³-hybridized carbons (Fsp3) is 0.231. The van der Waals surface area contributed by atoms with E-state index in [0.717, 1.165) is 11.1 Å². The standard InChI is InChI=1S/C26H25BrFNO5/c1-3-18(26(31)32)10-17-6-9-24(33-2)23(11-17)25(30)29-15-16-4-7-21(8-5-16)34-22-13-19(27)12-20(28)14-22/h4-9,11-14,18H,3,10,15H2,1-2H3,(H,29,30)(H,31,32)/t18-/m0/s1. The van der Waals surface area contributed by atoms with Gasteiger partial charge in [0.2, 0.25) is 0 Å². The Kier molecular flexibility index (Phi) is 8.65. The molecule has 2 N–H and O–H groups in total. The van der Waals surface area contributed by atoms with Gasteiger partial charge in [0.15, 0.2) is 0 Å². The number of amides is 1. The fourth-order valence-corrected chi connectivity index (χ4v) is 3.87. The average Bonchev–Trinajstić information content (AvgIpc) is 2.81. The van der Waals surface area contributed by atoms with Gasteiger partial charge in [0.1, 0.15) is 23.1 Å². The van der Waals surface area contributed by atoms with Crippen LogP contribution in [-0.2, 0) is 17.8 Å². The Morgan fingerprint density at radius 3 is 2.35 bits per heavy atom. The number of methoxy groups -OCH3 is 1. The van der Waals surface area contributed by atoms with Crippen molar-refractivity contribution in [3.63, 3.8) is 0 Å². The normalized spacial score (nSPS) is 11.5. The number of aliphatic carboxylic acids is 1. The van der Waals surface area contributed by atoms with E-state index in [2.05, 4.69) is 21.2 Å². The Hall–Kier alpha value is -3.39. The van der Waals surface area contributed by atoms with Crippen molar-refractivity contribution in [2.24, 2.45) is 5.92 Å². The fourth-order valence-electron chi connectivity index (χ4n) is 3.43. The Morgan fingerprint density at radius 2 is 1.74 bits per heavy atom. The summed E-state index contributed by atoms with van der Waals surface area (Å²) in [7, 11) is 1.48. The van der Waals surface area contributed by atoms with E-state index in [4.69, 9.17) is 9.47 Å². The van der Waals surface area contributed by atoms with E-state index in [0.29, 0.717) is 40.1 Å². The second kappa shape index (κ2) is 11.7. The van der Waals surface area contributed by atoms with Crippen LogP contribution in [0.25, 0.3) is 0 Å². The number of halogens is 2. The number of hydrogen-bond acceptors (Lipinski definition) is 4. The van der Waals surface area contributed by atoms with Crippen molar-refractivity contribution < 1.29 is 28.6 Å². The molecule has 8 heteroatoms. The highest BCUT2D eigenvalue weighted by Crippen LogP contribution is 2.26. The minimum atomic E-state index is -0.859. The van der Waals surface area contributed by atoms with Crippen molar-refractivity contribution in [1.29, 1.82) is 0 Å². The molecule has 0 saturated carbocycles. The predicted octanol–water partition coefficient (Wildman–Crippen LogP) is 5.97. The van der Waals surface area contributed by atoms with Crippen molar-refractivity contribution in [2.75, 3.05) is 7.11 Å². The topological polar surface area (TPSA) is 84.9 Å². The Bertz CT molecular complexity index is 1150. The number of nitrogens with one attached hydrogen (secondary N) is 1. The van der Waals surface area contributed by atoms with E-state index in [9.17, 15) is 19.1 Å². The second-order valence-corrected chi connectivity index (χ2v) is 8.63. The largest absolute Gasteiger partial charge is 0.496 e. The van der Waals surface area contributed by atoms with Gasteiger partial charge in [-0.2, -0.15) is 0 Å². The second-order valence-electron chi connectivity index (χ2n) is 7.72. The first-order valence-corrected chi connectivity index (χ1v) is 11.5. The van der Waals surface area contributed by atoms with Gasteiger partial charge in [-0.3, -0.25) is 9.59 Å². The van der Waals surface area contributed by atoms with Crippen LogP contribution in [0.1, 0.15) is 34.8 Å². The smallest absolute Gasteiger partial charge is 0.306 e. The summed E-state index contributed by atoms with van der Waals surface area (Å²) >= 11 is 3.23. The molecule has 6 nitrogen and oxygen atoms in total. The summed E-state index contributed by atoms with van der Waals surface area (Å²) in [5.74, 6) is -0.794. The third-order valence-electron chi connectivity index (χ3n) is 5.28. The molecule has 0 saturated heterocycles. The molecule has 0 bridgehead atoms. The number of carboxylic acids is 1. The maximum atomic E-state index is 13.5. The van der Waals surface area contributed by atoms with Crippen molar-refractivity contribution in [2.45, 2.75) is 26.3 Å². The van der Waals surface area contributed by atoms with Gasteiger partial charge in [-0.15, -0.1) is 0 Å². The Labute approximate surface area is 205 Å². The van der Waals surface area contributed by atoms with E-state index in [1.54, 1.807) is 48.5 Å². The highest BCUT2D eigenvalue weighted by atomic mass is 79.9. The minimum absolute atomic E-state index is 0.269. The number of benzene rings is 3. The predicted molar refractivity (Wildman–Crippen MR) is 130 cm³/mol. The first-order chi connectivity index (χ1) is 16.3. The zero-order chi connectivity index (χ0) is 24.7. The third-order valence-corrected chi connectivity index (χ3v) is 5.74. The van der Waals surface area contributed by atoms with Crippen LogP contribution in [0.2, 0.25) is 0 Å². The number of carbonyl (C=O) groups is 2. The lowest BCUT2D eigenvalue weighted by Gasteiger charge is -2.14. The quantitative estimate of drug-likeness (QED) is 0.337. The molecular formula is C26H25BrFNO5. The van der Waals surface area contributed by atoms with Gasteiger partial charge in [-0.25, -0.2) is 4.39 Å². The van der Waals surface area contributed by atoms with Crippen LogP contribution in [0.3, 0.4) is 0 Å². The summed E-state index contributed by atoms with van der Waals surface area (Å²) in [5.41, 5.74) is 1.94. The van der Waals surface area contributed by atoms with E-state index in [1.807, 2.05) is 6.92 Å². The van der Waals surface area contributed by atoms with E-state index >= 15 is 0 Å². The van der Waals surface area contributed by atoms with Gasteiger partial charge in [0, 0.05) is 17.1 Å². The monoisotopic (exact) mass is 529 g/mol. The van der Waals surface area contributed by atoms with Crippen LogP contribution in [0.4, 0.5) is 4.39 Å². The van der Waals surface area contributed by atoms with Gasteiger partial charge < -0.3 is 19.9 Å². The molecule has 0 aliphatic rings. The SMILES string of the molecule is CC[C@@H](Cc1ccc(OC)c(C(=O)NCc2ccc(Oc3cc(F)cc(Br)c3)cc2)c1)C(=O)O. The maximum Gasteiger partial charge on any atom is 0.306 e. The number of hydrogen-bond donors (Lipinski definition) is 2. The van der Waals surface area contributed by atoms with E-state index in [-0.39, 0.29) is 12.5 Å². The highest BCUT2D eigenvalue weighted by molar-refractivity contribution is 9.10. The van der Waals surface area contributed by atoms with Crippen LogP contribution >= 0.6 is 15.9 Å². The first-order valence-electron chi connectivity index (χ1n) is 10.7. The summed E-state index contributed by atoms with van der Waals surface area (Å²) in [6, 6.07) is 16.5. The van der Waals surface area contributed by atoms with Crippen molar-refractivity contribution >= 4 is 27.8 Å². The first kappa shape index (κ1) is 25.2. The zero-order valence-corrected chi connectivity index (χ0v) is 20.4. The molecule has 34 heavy (non-hydrogen) atoms. The lowest BCUT2D eigenvalue weighted by molar-refractivity contribution is -0.141. The molecule has 1 amide bonds.